The van der Waals surface area contributed by atoms with Crippen LogP contribution in [0.5, 0.6) is 0 Å². The first kappa shape index (κ1) is 16.9. The summed E-state index contributed by atoms with van der Waals surface area (Å²) in [7, 11) is 2.14. The predicted molar refractivity (Wildman–Crippen MR) is 111 cm³/mol. The van der Waals surface area contributed by atoms with Crippen LogP contribution in [0.4, 0.5) is 0 Å². The first-order chi connectivity index (χ1) is 13.6. The lowest BCUT2D eigenvalue weighted by molar-refractivity contribution is 0.653. The van der Waals surface area contributed by atoms with Crippen molar-refractivity contribution in [2.75, 3.05) is 0 Å². The third kappa shape index (κ3) is 2.66. The van der Waals surface area contributed by atoms with Gasteiger partial charge in [0, 0.05) is 48.3 Å². The van der Waals surface area contributed by atoms with Crippen molar-refractivity contribution in [3.05, 3.63) is 76.4 Å². The van der Waals surface area contributed by atoms with Gasteiger partial charge in [-0.2, -0.15) is 0 Å². The first-order valence-corrected chi connectivity index (χ1v) is 9.74. The number of aryl methyl sites for hydroxylation is 3. The smallest absolute Gasteiger partial charge is 0.255 e. The molecular weight excluding hydrogens is 348 g/mol. The van der Waals surface area contributed by atoms with E-state index in [4.69, 9.17) is 0 Å². The van der Waals surface area contributed by atoms with E-state index >= 15 is 0 Å². The maximum atomic E-state index is 12.8. The van der Waals surface area contributed by atoms with Gasteiger partial charge in [-0.3, -0.25) is 9.36 Å². The molecule has 5 heteroatoms. The Bertz CT molecular complexity index is 1250. The Labute approximate surface area is 163 Å². The third-order valence-corrected chi connectivity index (χ3v) is 5.82. The van der Waals surface area contributed by atoms with Crippen LogP contribution in [0.1, 0.15) is 29.9 Å². The van der Waals surface area contributed by atoms with Crippen molar-refractivity contribution in [1.82, 2.24) is 19.1 Å². The third-order valence-electron chi connectivity index (χ3n) is 5.82. The molecule has 0 bridgehead atoms. The second-order valence-corrected chi connectivity index (χ2v) is 7.54. The van der Waals surface area contributed by atoms with Gasteiger partial charge in [0.2, 0.25) is 0 Å². The summed E-state index contributed by atoms with van der Waals surface area (Å²) < 4.78 is 4.00. The van der Waals surface area contributed by atoms with E-state index in [1.807, 2.05) is 25.3 Å². The zero-order chi connectivity index (χ0) is 19.3. The molecule has 1 aliphatic rings. The molecule has 140 valence electrons. The zero-order valence-corrected chi connectivity index (χ0v) is 16.1. The Hall–Kier alpha value is -3.21. The van der Waals surface area contributed by atoms with Crippen molar-refractivity contribution >= 4 is 10.9 Å². The van der Waals surface area contributed by atoms with Gasteiger partial charge in [0.1, 0.15) is 5.82 Å². The van der Waals surface area contributed by atoms with E-state index < -0.39 is 0 Å². The maximum Gasteiger partial charge on any atom is 0.255 e. The lowest BCUT2D eigenvalue weighted by atomic mass is 9.95. The molecule has 0 unspecified atom stereocenters. The SMILES string of the molecule is Cc1ncc(-c2ccn(-c3ccc4c5c(n(C)c4c3)CCCC5)c(=O)c2)cn1. The van der Waals surface area contributed by atoms with E-state index in [9.17, 15) is 4.79 Å². The molecule has 0 fully saturated rings. The van der Waals surface area contributed by atoms with E-state index in [2.05, 4.69) is 33.7 Å². The molecule has 28 heavy (non-hydrogen) atoms. The highest BCUT2D eigenvalue weighted by Gasteiger charge is 2.18. The Morgan fingerprint density at radius 3 is 2.54 bits per heavy atom. The average Bonchev–Trinajstić information content (AvgIpc) is 3.01. The molecule has 0 aliphatic heterocycles. The van der Waals surface area contributed by atoms with Gasteiger partial charge in [0.05, 0.1) is 11.2 Å². The summed E-state index contributed by atoms with van der Waals surface area (Å²) in [5.41, 5.74) is 6.64. The summed E-state index contributed by atoms with van der Waals surface area (Å²) >= 11 is 0. The summed E-state index contributed by atoms with van der Waals surface area (Å²) in [6.45, 7) is 1.85. The number of nitrogens with zero attached hydrogens (tertiary/aromatic N) is 4. The lowest BCUT2D eigenvalue weighted by Crippen LogP contribution is -2.16. The van der Waals surface area contributed by atoms with Crippen LogP contribution < -0.4 is 5.56 Å². The number of pyridine rings is 1. The highest BCUT2D eigenvalue weighted by atomic mass is 16.1. The van der Waals surface area contributed by atoms with Gasteiger partial charge < -0.3 is 4.57 Å². The van der Waals surface area contributed by atoms with E-state index in [1.165, 1.54) is 35.0 Å². The topological polar surface area (TPSA) is 52.7 Å². The number of fused-ring (bicyclic) bond motifs is 3. The lowest BCUT2D eigenvalue weighted by Gasteiger charge is -2.12. The normalized spacial score (nSPS) is 13.6. The van der Waals surface area contributed by atoms with Crippen molar-refractivity contribution in [1.29, 1.82) is 0 Å². The molecule has 3 aromatic heterocycles. The van der Waals surface area contributed by atoms with Gasteiger partial charge >= 0.3 is 0 Å². The van der Waals surface area contributed by atoms with Gasteiger partial charge in [0.25, 0.3) is 5.56 Å². The van der Waals surface area contributed by atoms with Gasteiger partial charge in [-0.15, -0.1) is 0 Å². The molecule has 3 heterocycles. The fraction of sp³-hybridized carbons (Fsp3) is 0.261. The number of aromatic nitrogens is 4. The van der Waals surface area contributed by atoms with Crippen LogP contribution in [0.25, 0.3) is 27.7 Å². The summed E-state index contributed by atoms with van der Waals surface area (Å²) in [5.74, 6) is 0.718. The van der Waals surface area contributed by atoms with Crippen LogP contribution in [0.2, 0.25) is 0 Å². The molecule has 0 amide bonds. The number of rotatable bonds is 2. The van der Waals surface area contributed by atoms with Crippen LogP contribution in [0.3, 0.4) is 0 Å². The fourth-order valence-electron chi connectivity index (χ4n) is 4.31. The minimum atomic E-state index is -0.0589. The quantitative estimate of drug-likeness (QED) is 0.536. The summed E-state index contributed by atoms with van der Waals surface area (Å²) in [6, 6.07) is 9.93. The van der Waals surface area contributed by atoms with Crippen molar-refractivity contribution in [2.45, 2.75) is 32.6 Å². The van der Waals surface area contributed by atoms with Crippen LogP contribution in [0, 0.1) is 6.92 Å². The Kier molecular flexibility index (Phi) is 3.90. The largest absolute Gasteiger partial charge is 0.347 e. The van der Waals surface area contributed by atoms with Crippen LogP contribution >= 0.6 is 0 Å². The molecule has 0 N–H and O–H groups in total. The molecule has 0 atom stereocenters. The molecule has 0 radical (unpaired) electrons. The maximum absolute atomic E-state index is 12.8. The molecule has 1 aliphatic carbocycles. The van der Waals surface area contributed by atoms with Gasteiger partial charge in [-0.05, 0) is 61.9 Å². The Balaban J connectivity index is 1.59. The Morgan fingerprint density at radius 2 is 1.75 bits per heavy atom. The number of benzene rings is 1. The summed E-state index contributed by atoms with van der Waals surface area (Å²) in [4.78, 5) is 21.2. The minimum Gasteiger partial charge on any atom is -0.347 e. The van der Waals surface area contributed by atoms with E-state index in [-0.39, 0.29) is 5.56 Å². The standard InChI is InChI=1S/C23H22N4O/c1-15-24-13-17(14-25-15)16-9-10-27(23(28)11-16)18-7-8-20-19-5-3-4-6-21(19)26(2)22(20)12-18/h7-14H,3-6H2,1-2H3. The zero-order valence-electron chi connectivity index (χ0n) is 16.1. The van der Waals surface area contributed by atoms with Gasteiger partial charge in [0.15, 0.2) is 0 Å². The second-order valence-electron chi connectivity index (χ2n) is 7.54. The fourth-order valence-corrected chi connectivity index (χ4v) is 4.31. The first-order valence-electron chi connectivity index (χ1n) is 9.74. The van der Waals surface area contributed by atoms with E-state index in [0.29, 0.717) is 0 Å². The minimum absolute atomic E-state index is 0.0589. The molecule has 4 aromatic rings. The van der Waals surface area contributed by atoms with E-state index in [0.717, 1.165) is 35.5 Å². The molecular formula is C23H22N4O. The van der Waals surface area contributed by atoms with Crippen LogP contribution in [-0.4, -0.2) is 19.1 Å². The molecule has 1 aromatic carbocycles. The van der Waals surface area contributed by atoms with Crippen LogP contribution in [0.15, 0.2) is 53.7 Å². The average molecular weight is 370 g/mol. The van der Waals surface area contributed by atoms with E-state index in [1.54, 1.807) is 23.0 Å². The predicted octanol–water partition coefficient (Wildman–Crippen LogP) is 3.97. The Morgan fingerprint density at radius 1 is 0.964 bits per heavy atom. The molecule has 5 rings (SSSR count). The molecule has 5 nitrogen and oxygen atoms in total. The molecule has 0 saturated heterocycles. The molecule has 0 saturated carbocycles. The summed E-state index contributed by atoms with van der Waals surface area (Å²) in [6.07, 6.45) is 10.2. The number of hydrogen-bond acceptors (Lipinski definition) is 3. The molecule has 0 spiro atoms. The monoisotopic (exact) mass is 370 g/mol. The van der Waals surface area contributed by atoms with Crippen molar-refractivity contribution < 1.29 is 0 Å². The number of hydrogen-bond donors (Lipinski definition) is 0. The van der Waals surface area contributed by atoms with Crippen molar-refractivity contribution in [3.63, 3.8) is 0 Å². The highest BCUT2D eigenvalue weighted by Crippen LogP contribution is 2.32. The van der Waals surface area contributed by atoms with Crippen LogP contribution in [-0.2, 0) is 19.9 Å². The van der Waals surface area contributed by atoms with Gasteiger partial charge in [-0.25, -0.2) is 9.97 Å². The van der Waals surface area contributed by atoms with Crippen molar-refractivity contribution in [2.24, 2.45) is 7.05 Å². The van der Waals surface area contributed by atoms with Crippen molar-refractivity contribution in [3.8, 4) is 16.8 Å². The van der Waals surface area contributed by atoms with Gasteiger partial charge in [-0.1, -0.05) is 6.07 Å². The second kappa shape index (κ2) is 6.44. The summed E-state index contributed by atoms with van der Waals surface area (Å²) in [5, 5.41) is 1.32. The highest BCUT2D eigenvalue weighted by molar-refractivity contribution is 5.87.